The zero-order valence-corrected chi connectivity index (χ0v) is 17.8. The summed E-state index contributed by atoms with van der Waals surface area (Å²) in [7, 11) is -3.58. The van der Waals surface area contributed by atoms with Crippen LogP contribution < -0.4 is 5.32 Å². The molecule has 2 aliphatic carbocycles. The zero-order chi connectivity index (χ0) is 21.8. The van der Waals surface area contributed by atoms with Gasteiger partial charge >= 0.3 is 0 Å². The van der Waals surface area contributed by atoms with Gasteiger partial charge in [-0.3, -0.25) is 0 Å². The topological polar surface area (TPSA) is 75.2 Å². The summed E-state index contributed by atoms with van der Waals surface area (Å²) in [6.07, 6.45) is 6.14. The van der Waals surface area contributed by atoms with E-state index in [2.05, 4.69) is 15.3 Å². The average Bonchev–Trinajstić information content (AvgIpc) is 3.62. The molecule has 0 bridgehead atoms. The van der Waals surface area contributed by atoms with Crippen LogP contribution in [0.15, 0.2) is 36.7 Å². The van der Waals surface area contributed by atoms with E-state index in [9.17, 15) is 12.8 Å². The van der Waals surface area contributed by atoms with Crippen LogP contribution in [0.2, 0.25) is 0 Å². The Kier molecular flexibility index (Phi) is 4.90. The van der Waals surface area contributed by atoms with Crippen molar-refractivity contribution in [2.75, 3.05) is 11.6 Å². The summed E-state index contributed by atoms with van der Waals surface area (Å²) in [5.41, 5.74) is 1.25. The van der Waals surface area contributed by atoms with Crippen LogP contribution in [0.25, 0.3) is 22.0 Å². The summed E-state index contributed by atoms with van der Waals surface area (Å²) >= 11 is 0. The standard InChI is InChI=1S/C22H22F2N4O2S/c1-31(29,30)28(15-5-6-15)11-18-19(23)8-7-16(21(18)24)13-2-9-20-17(10-13)22(26-12-25-20)27-14-3-4-14/h2,7-10,12,14-15H,3-6,11H2,1H3,(H,25,26,27). The maximum absolute atomic E-state index is 15.5. The van der Waals surface area contributed by atoms with Crippen LogP contribution in [0, 0.1) is 11.6 Å². The summed E-state index contributed by atoms with van der Waals surface area (Å²) in [5.74, 6) is -0.813. The SMILES string of the molecule is CS(=O)(=O)N(Cc1c(F)ccc(-c2ccc3ncnc(NC4CC4)c3c2)c1F)C1CC1. The molecule has 0 atom stereocenters. The lowest BCUT2D eigenvalue weighted by Crippen LogP contribution is -2.32. The lowest BCUT2D eigenvalue weighted by molar-refractivity contribution is 0.386. The second-order valence-electron chi connectivity index (χ2n) is 8.30. The van der Waals surface area contributed by atoms with Crippen LogP contribution in [0.4, 0.5) is 14.6 Å². The quantitative estimate of drug-likeness (QED) is 0.595. The Bertz CT molecular complexity index is 1270. The summed E-state index contributed by atoms with van der Waals surface area (Å²) in [4.78, 5) is 8.59. The lowest BCUT2D eigenvalue weighted by Gasteiger charge is -2.21. The fourth-order valence-electron chi connectivity index (χ4n) is 3.76. The molecule has 9 heteroatoms. The van der Waals surface area contributed by atoms with Crippen molar-refractivity contribution in [3.63, 3.8) is 0 Å². The van der Waals surface area contributed by atoms with Crippen molar-refractivity contribution in [2.24, 2.45) is 0 Å². The number of hydrogen-bond acceptors (Lipinski definition) is 5. The van der Waals surface area contributed by atoms with Gasteiger partial charge in [-0.2, -0.15) is 4.31 Å². The van der Waals surface area contributed by atoms with Crippen molar-refractivity contribution in [3.8, 4) is 11.1 Å². The highest BCUT2D eigenvalue weighted by molar-refractivity contribution is 7.88. The molecular formula is C22H22F2N4O2S. The first kappa shape index (κ1) is 20.3. The van der Waals surface area contributed by atoms with E-state index in [0.717, 1.165) is 30.0 Å². The zero-order valence-electron chi connectivity index (χ0n) is 17.0. The van der Waals surface area contributed by atoms with Crippen molar-refractivity contribution >= 4 is 26.7 Å². The largest absolute Gasteiger partial charge is 0.367 e. The second-order valence-corrected chi connectivity index (χ2v) is 10.2. The molecule has 2 aliphatic rings. The van der Waals surface area contributed by atoms with Gasteiger partial charge < -0.3 is 5.32 Å². The number of rotatable bonds is 7. The van der Waals surface area contributed by atoms with Gasteiger partial charge in [0, 0.05) is 35.1 Å². The first-order valence-corrected chi connectivity index (χ1v) is 12.1. The molecule has 0 radical (unpaired) electrons. The molecule has 0 amide bonds. The molecule has 2 fully saturated rings. The Morgan fingerprint density at radius 1 is 1.10 bits per heavy atom. The van der Waals surface area contributed by atoms with Crippen molar-refractivity contribution in [1.29, 1.82) is 0 Å². The molecule has 31 heavy (non-hydrogen) atoms. The van der Waals surface area contributed by atoms with E-state index >= 15 is 4.39 Å². The smallest absolute Gasteiger partial charge is 0.211 e. The van der Waals surface area contributed by atoms with Crippen molar-refractivity contribution in [1.82, 2.24) is 14.3 Å². The Balaban J connectivity index is 1.56. The van der Waals surface area contributed by atoms with Crippen LogP contribution in [0.1, 0.15) is 31.2 Å². The van der Waals surface area contributed by atoms with Gasteiger partial charge in [-0.1, -0.05) is 6.07 Å². The molecule has 2 saturated carbocycles. The first-order valence-electron chi connectivity index (χ1n) is 10.3. The first-order chi connectivity index (χ1) is 14.8. The van der Waals surface area contributed by atoms with E-state index in [1.165, 1.54) is 22.8 Å². The molecular weight excluding hydrogens is 422 g/mol. The van der Waals surface area contributed by atoms with Gasteiger partial charge in [0.05, 0.1) is 11.8 Å². The fourth-order valence-corrected chi connectivity index (χ4v) is 4.88. The van der Waals surface area contributed by atoms with Gasteiger partial charge in [-0.15, -0.1) is 0 Å². The number of halogens is 2. The molecule has 6 nitrogen and oxygen atoms in total. The highest BCUT2D eigenvalue weighted by Gasteiger charge is 2.36. The van der Waals surface area contributed by atoms with Gasteiger partial charge in [0.25, 0.3) is 0 Å². The van der Waals surface area contributed by atoms with Crippen LogP contribution in [0.3, 0.4) is 0 Å². The predicted octanol–water partition coefficient (Wildman–Crippen LogP) is 4.07. The minimum absolute atomic E-state index is 0.189. The highest BCUT2D eigenvalue weighted by Crippen LogP contribution is 2.35. The van der Waals surface area contributed by atoms with E-state index in [4.69, 9.17) is 0 Å². The van der Waals surface area contributed by atoms with Crippen molar-refractivity contribution < 1.29 is 17.2 Å². The third-order valence-electron chi connectivity index (χ3n) is 5.74. The van der Waals surface area contributed by atoms with E-state index in [0.29, 0.717) is 30.3 Å². The highest BCUT2D eigenvalue weighted by atomic mass is 32.2. The van der Waals surface area contributed by atoms with Crippen molar-refractivity contribution in [3.05, 3.63) is 53.9 Å². The van der Waals surface area contributed by atoms with Crippen molar-refractivity contribution in [2.45, 2.75) is 44.3 Å². The van der Waals surface area contributed by atoms with Crippen LogP contribution >= 0.6 is 0 Å². The number of nitrogens with one attached hydrogen (secondary N) is 1. The second kappa shape index (κ2) is 7.49. The molecule has 2 aromatic carbocycles. The normalized spacial score (nSPS) is 16.8. The minimum atomic E-state index is -3.58. The molecule has 162 valence electrons. The third-order valence-corrected chi connectivity index (χ3v) is 7.02. The van der Waals surface area contributed by atoms with Crippen LogP contribution in [0.5, 0.6) is 0 Å². The lowest BCUT2D eigenvalue weighted by atomic mass is 10.00. The number of fused-ring (bicyclic) bond motifs is 1. The summed E-state index contributed by atoms with van der Waals surface area (Å²) in [5, 5.41) is 4.11. The van der Waals surface area contributed by atoms with Gasteiger partial charge in [0.1, 0.15) is 23.8 Å². The molecule has 3 aromatic rings. The number of benzene rings is 2. The number of anilines is 1. The Labute approximate surface area is 179 Å². The number of nitrogens with zero attached hydrogens (tertiary/aromatic N) is 3. The van der Waals surface area contributed by atoms with Gasteiger partial charge in [-0.25, -0.2) is 27.2 Å². The number of aromatic nitrogens is 2. The molecule has 0 unspecified atom stereocenters. The van der Waals surface area contributed by atoms with E-state index < -0.39 is 21.7 Å². The molecule has 1 N–H and O–H groups in total. The molecule has 0 aliphatic heterocycles. The molecule has 5 rings (SSSR count). The van der Waals surface area contributed by atoms with Crippen LogP contribution in [-0.2, 0) is 16.6 Å². The Hall–Kier alpha value is -2.65. The van der Waals surface area contributed by atoms with Gasteiger partial charge in [0.15, 0.2) is 0 Å². The van der Waals surface area contributed by atoms with Gasteiger partial charge in [0.2, 0.25) is 10.0 Å². The Morgan fingerprint density at radius 3 is 2.55 bits per heavy atom. The number of hydrogen-bond donors (Lipinski definition) is 1. The molecule has 0 spiro atoms. The summed E-state index contributed by atoms with van der Waals surface area (Å²) < 4.78 is 55.5. The van der Waals surface area contributed by atoms with E-state index in [1.54, 1.807) is 18.2 Å². The summed E-state index contributed by atoms with van der Waals surface area (Å²) in [6.45, 7) is -0.319. The molecule has 1 aromatic heterocycles. The van der Waals surface area contributed by atoms with E-state index in [-0.39, 0.29) is 23.7 Å². The summed E-state index contributed by atoms with van der Waals surface area (Å²) in [6, 6.07) is 8.07. The molecule has 0 saturated heterocycles. The maximum Gasteiger partial charge on any atom is 0.211 e. The molecule has 1 heterocycles. The van der Waals surface area contributed by atoms with Crippen LogP contribution in [-0.4, -0.2) is 41.0 Å². The maximum atomic E-state index is 15.5. The third kappa shape index (κ3) is 4.12. The monoisotopic (exact) mass is 444 g/mol. The number of sulfonamides is 1. The van der Waals surface area contributed by atoms with Gasteiger partial charge in [-0.05, 0) is 55.5 Å². The fraction of sp³-hybridized carbons (Fsp3) is 0.364. The Morgan fingerprint density at radius 2 is 1.87 bits per heavy atom. The predicted molar refractivity (Wildman–Crippen MR) is 115 cm³/mol. The minimum Gasteiger partial charge on any atom is -0.367 e. The average molecular weight is 445 g/mol. The van der Waals surface area contributed by atoms with E-state index in [1.807, 2.05) is 0 Å².